The van der Waals surface area contributed by atoms with Crippen LogP contribution in [0.5, 0.6) is 5.75 Å². The molecule has 0 spiro atoms. The lowest BCUT2D eigenvalue weighted by molar-refractivity contribution is 0.102. The Hall–Kier alpha value is -2.35. The van der Waals surface area contributed by atoms with Crippen molar-refractivity contribution in [2.45, 2.75) is 12.8 Å². The molecule has 2 aromatic rings. The molecule has 0 heterocycles. The topological polar surface area (TPSA) is 37.3 Å². The van der Waals surface area contributed by atoms with Gasteiger partial charge in [-0.2, -0.15) is 0 Å². The molecular weight excluding hydrogens is 236 g/mol. The summed E-state index contributed by atoms with van der Waals surface area (Å²) in [6.45, 7) is 0. The number of ketones is 1. The van der Waals surface area contributed by atoms with Crippen molar-refractivity contribution in [1.29, 1.82) is 0 Å². The highest BCUT2D eigenvalue weighted by atomic mass is 16.3. The summed E-state index contributed by atoms with van der Waals surface area (Å²) >= 11 is 0. The second-order valence-corrected chi connectivity index (χ2v) is 4.71. The molecule has 19 heavy (non-hydrogen) atoms. The van der Waals surface area contributed by atoms with Gasteiger partial charge in [-0.25, -0.2) is 0 Å². The second-order valence-electron chi connectivity index (χ2n) is 4.71. The molecule has 0 atom stereocenters. The molecule has 0 fully saturated rings. The minimum atomic E-state index is 0.0742. The summed E-state index contributed by atoms with van der Waals surface area (Å²) in [6.07, 6.45) is 3.40. The summed E-state index contributed by atoms with van der Waals surface area (Å²) in [6, 6.07) is 14.8. The maximum Gasteiger partial charge on any atom is 0.189 e. The average Bonchev–Trinajstić information content (AvgIpc) is 2.44. The minimum Gasteiger partial charge on any atom is -0.507 e. The summed E-state index contributed by atoms with van der Waals surface area (Å²) in [5.41, 5.74) is 3.36. The van der Waals surface area contributed by atoms with E-state index in [4.69, 9.17) is 0 Å². The van der Waals surface area contributed by atoms with Crippen molar-refractivity contribution in [3.63, 3.8) is 0 Å². The van der Waals surface area contributed by atoms with Crippen molar-refractivity contribution in [3.8, 4) is 5.75 Å². The van der Waals surface area contributed by atoms with Gasteiger partial charge in [-0.1, -0.05) is 42.5 Å². The first-order valence-electron chi connectivity index (χ1n) is 6.37. The molecule has 0 unspecified atom stereocenters. The fourth-order valence-corrected chi connectivity index (χ4v) is 2.45. The van der Waals surface area contributed by atoms with Crippen LogP contribution in [0, 0.1) is 0 Å². The molecule has 94 valence electrons. The minimum absolute atomic E-state index is 0.0742. The summed E-state index contributed by atoms with van der Waals surface area (Å²) in [7, 11) is 0. The van der Waals surface area contributed by atoms with E-state index in [1.807, 2.05) is 36.4 Å². The van der Waals surface area contributed by atoms with E-state index >= 15 is 0 Å². The van der Waals surface area contributed by atoms with Crippen LogP contribution in [0.3, 0.4) is 0 Å². The Morgan fingerprint density at radius 1 is 0.947 bits per heavy atom. The lowest BCUT2D eigenvalue weighted by Gasteiger charge is -2.17. The first-order chi connectivity index (χ1) is 9.25. The molecule has 0 aliphatic heterocycles. The van der Waals surface area contributed by atoms with Crippen molar-refractivity contribution in [1.82, 2.24) is 0 Å². The van der Waals surface area contributed by atoms with Gasteiger partial charge in [-0.15, -0.1) is 0 Å². The fraction of sp³-hybridized carbons (Fsp3) is 0.118. The van der Waals surface area contributed by atoms with E-state index in [0.717, 1.165) is 29.5 Å². The number of phenolic OH excluding ortho intramolecular Hbond substituents is 1. The van der Waals surface area contributed by atoms with E-state index in [1.54, 1.807) is 18.2 Å². The molecule has 0 saturated carbocycles. The molecule has 0 radical (unpaired) electrons. The van der Waals surface area contributed by atoms with E-state index in [9.17, 15) is 9.90 Å². The zero-order chi connectivity index (χ0) is 13.2. The van der Waals surface area contributed by atoms with Crippen molar-refractivity contribution in [3.05, 3.63) is 70.8 Å². The largest absolute Gasteiger partial charge is 0.507 e. The van der Waals surface area contributed by atoms with Gasteiger partial charge < -0.3 is 5.11 Å². The maximum atomic E-state index is 12.4. The van der Waals surface area contributed by atoms with E-state index in [2.05, 4.69) is 0 Å². The standard InChI is InChI=1S/C17H14O2/c18-16-8-4-2-6-13(16)11-14-10-9-12-5-1-3-7-15(12)17(14)19/h1-8,11,18H,9-10H2. The monoisotopic (exact) mass is 250 g/mol. The quantitative estimate of drug-likeness (QED) is 0.785. The van der Waals surface area contributed by atoms with E-state index in [0.29, 0.717) is 5.56 Å². The van der Waals surface area contributed by atoms with Crippen LogP contribution >= 0.6 is 0 Å². The zero-order valence-electron chi connectivity index (χ0n) is 10.5. The summed E-state index contributed by atoms with van der Waals surface area (Å²) < 4.78 is 0. The summed E-state index contributed by atoms with van der Waals surface area (Å²) in [4.78, 5) is 12.4. The van der Waals surface area contributed by atoms with Crippen molar-refractivity contribution in [2.24, 2.45) is 0 Å². The smallest absolute Gasteiger partial charge is 0.189 e. The second kappa shape index (κ2) is 4.73. The molecule has 0 amide bonds. The summed E-state index contributed by atoms with van der Waals surface area (Å²) in [5, 5.41) is 9.77. The predicted octanol–water partition coefficient (Wildman–Crippen LogP) is 3.60. The molecule has 0 saturated heterocycles. The van der Waals surface area contributed by atoms with Crippen LogP contribution < -0.4 is 0 Å². The molecule has 3 rings (SSSR count). The number of rotatable bonds is 1. The Kier molecular flexibility index (Phi) is 2.92. The lowest BCUT2D eigenvalue weighted by atomic mass is 9.86. The number of hydrogen-bond donors (Lipinski definition) is 1. The average molecular weight is 250 g/mol. The van der Waals surface area contributed by atoms with Gasteiger partial charge in [0.25, 0.3) is 0 Å². The lowest BCUT2D eigenvalue weighted by Crippen LogP contribution is -2.13. The molecular formula is C17H14O2. The number of aryl methyl sites for hydroxylation is 1. The third-order valence-electron chi connectivity index (χ3n) is 3.48. The van der Waals surface area contributed by atoms with Gasteiger partial charge in [-0.3, -0.25) is 4.79 Å². The number of carbonyl (C=O) groups excluding carboxylic acids is 1. The number of allylic oxidation sites excluding steroid dienone is 1. The molecule has 2 nitrogen and oxygen atoms in total. The van der Waals surface area contributed by atoms with Gasteiger partial charge in [-0.05, 0) is 30.5 Å². The molecule has 0 aromatic heterocycles. The Labute approximate surface area is 112 Å². The molecule has 1 N–H and O–H groups in total. The Bertz CT molecular complexity index is 668. The Morgan fingerprint density at radius 3 is 2.53 bits per heavy atom. The van der Waals surface area contributed by atoms with Gasteiger partial charge >= 0.3 is 0 Å². The SMILES string of the molecule is O=C1C(=Cc2ccccc2O)CCc2ccccc21. The van der Waals surface area contributed by atoms with Crippen LogP contribution in [0.2, 0.25) is 0 Å². The Balaban J connectivity index is 2.01. The van der Waals surface area contributed by atoms with Crippen molar-refractivity contribution >= 4 is 11.9 Å². The number of hydrogen-bond acceptors (Lipinski definition) is 2. The van der Waals surface area contributed by atoms with E-state index in [-0.39, 0.29) is 11.5 Å². The number of fused-ring (bicyclic) bond motifs is 1. The Morgan fingerprint density at radius 2 is 1.68 bits per heavy atom. The highest BCUT2D eigenvalue weighted by molar-refractivity contribution is 6.13. The number of carbonyl (C=O) groups is 1. The number of Topliss-reactive ketones (excluding diaryl/α,β-unsaturated/α-hetero) is 1. The van der Waals surface area contributed by atoms with Gasteiger partial charge in [0.05, 0.1) is 0 Å². The fourth-order valence-electron chi connectivity index (χ4n) is 2.45. The van der Waals surface area contributed by atoms with Gasteiger partial charge in [0.1, 0.15) is 5.75 Å². The normalized spacial score (nSPS) is 16.4. The number of phenols is 1. The third kappa shape index (κ3) is 2.17. The third-order valence-corrected chi connectivity index (χ3v) is 3.48. The zero-order valence-corrected chi connectivity index (χ0v) is 10.5. The highest BCUT2D eigenvalue weighted by Crippen LogP contribution is 2.28. The van der Waals surface area contributed by atoms with E-state index in [1.165, 1.54) is 0 Å². The van der Waals surface area contributed by atoms with Crippen LogP contribution in [-0.2, 0) is 6.42 Å². The maximum absolute atomic E-state index is 12.4. The first kappa shape index (κ1) is 11.7. The van der Waals surface area contributed by atoms with Crippen LogP contribution in [0.1, 0.15) is 27.9 Å². The number of aromatic hydroxyl groups is 1. The van der Waals surface area contributed by atoms with Gasteiger partial charge in [0.15, 0.2) is 5.78 Å². The molecule has 2 heteroatoms. The van der Waals surface area contributed by atoms with Crippen LogP contribution in [-0.4, -0.2) is 10.9 Å². The molecule has 2 aromatic carbocycles. The molecule has 1 aliphatic rings. The van der Waals surface area contributed by atoms with E-state index < -0.39 is 0 Å². The van der Waals surface area contributed by atoms with Gasteiger partial charge in [0.2, 0.25) is 0 Å². The van der Waals surface area contributed by atoms with Crippen molar-refractivity contribution in [2.75, 3.05) is 0 Å². The van der Waals surface area contributed by atoms with Crippen molar-refractivity contribution < 1.29 is 9.90 Å². The van der Waals surface area contributed by atoms with Gasteiger partial charge in [0, 0.05) is 16.7 Å². The summed E-state index contributed by atoms with van der Waals surface area (Å²) in [5.74, 6) is 0.284. The van der Waals surface area contributed by atoms with Crippen LogP contribution in [0.25, 0.3) is 6.08 Å². The first-order valence-corrected chi connectivity index (χ1v) is 6.37. The van der Waals surface area contributed by atoms with Crippen LogP contribution in [0.15, 0.2) is 54.1 Å². The number of para-hydroxylation sites is 1. The predicted molar refractivity (Wildman–Crippen MR) is 75.2 cm³/mol. The highest BCUT2D eigenvalue weighted by Gasteiger charge is 2.21. The molecule has 1 aliphatic carbocycles. The number of benzene rings is 2. The molecule has 0 bridgehead atoms. The van der Waals surface area contributed by atoms with Crippen LogP contribution in [0.4, 0.5) is 0 Å².